The van der Waals surface area contributed by atoms with E-state index in [2.05, 4.69) is 60.7 Å². The maximum atomic E-state index is 13.5. The zero-order chi connectivity index (χ0) is 43.9. The van der Waals surface area contributed by atoms with Crippen molar-refractivity contribution in [3.63, 3.8) is 0 Å². The molecular weight excluding hydrogens is 736 g/mol. The van der Waals surface area contributed by atoms with Crippen LogP contribution in [-0.2, 0) is 33.4 Å². The van der Waals surface area contributed by atoms with E-state index in [1.165, 1.54) is 38.7 Å². The number of likely N-dealkylation sites (tertiary alicyclic amines) is 1. The molecular formula is C48H79FN2O7. The molecule has 0 aromatic rings. The molecule has 0 aromatic carbocycles. The van der Waals surface area contributed by atoms with Crippen molar-refractivity contribution < 1.29 is 37.8 Å². The van der Waals surface area contributed by atoms with Gasteiger partial charge in [-0.1, -0.05) is 61.0 Å². The molecule has 330 valence electrons. The van der Waals surface area contributed by atoms with E-state index in [0.29, 0.717) is 30.0 Å². The summed E-state index contributed by atoms with van der Waals surface area (Å²) in [7, 11) is 1.71. The van der Waals surface area contributed by atoms with Crippen LogP contribution in [0.15, 0.2) is 11.1 Å². The minimum absolute atomic E-state index is 0.0381. The lowest BCUT2D eigenvalue weighted by atomic mass is 9.33. The Morgan fingerprint density at radius 1 is 0.862 bits per heavy atom. The molecule has 6 unspecified atom stereocenters. The number of nitrogens with zero attached hydrogens (tertiary/aromatic N) is 1. The number of fused-ring (bicyclic) bond motifs is 7. The van der Waals surface area contributed by atoms with Crippen LogP contribution in [-0.4, -0.2) is 73.5 Å². The molecule has 1 aliphatic heterocycles. The van der Waals surface area contributed by atoms with Crippen molar-refractivity contribution >= 4 is 30.6 Å². The Morgan fingerprint density at radius 3 is 1.98 bits per heavy atom. The number of ether oxygens (including phenoxy) is 2. The Labute approximate surface area is 350 Å². The molecule has 0 bridgehead atoms. The largest absolute Gasteiger partial charge is 0.462 e. The number of piperidine rings is 1. The predicted molar refractivity (Wildman–Crippen MR) is 226 cm³/mol. The molecule has 0 aromatic heterocycles. The van der Waals surface area contributed by atoms with Gasteiger partial charge in [0.2, 0.25) is 12.8 Å². The first-order valence-corrected chi connectivity index (χ1v) is 22.3. The summed E-state index contributed by atoms with van der Waals surface area (Å²) < 4.78 is 24.5. The van der Waals surface area contributed by atoms with Crippen LogP contribution in [0.4, 0.5) is 4.39 Å². The first-order valence-electron chi connectivity index (χ1n) is 22.3. The van der Waals surface area contributed by atoms with Crippen LogP contribution in [0.5, 0.6) is 0 Å². The second kappa shape index (κ2) is 17.4. The molecule has 5 aliphatic carbocycles. The van der Waals surface area contributed by atoms with E-state index < -0.39 is 17.4 Å². The van der Waals surface area contributed by atoms with Crippen LogP contribution in [0.1, 0.15) is 167 Å². The van der Waals surface area contributed by atoms with Gasteiger partial charge in [0.05, 0.1) is 17.4 Å². The van der Waals surface area contributed by atoms with E-state index in [0.717, 1.165) is 76.4 Å². The fraction of sp³-hybridized carbons (Fsp3) is 0.854. The molecule has 9 nitrogen and oxygen atoms in total. The van der Waals surface area contributed by atoms with Gasteiger partial charge in [-0.3, -0.25) is 24.0 Å². The molecule has 1 saturated heterocycles. The van der Waals surface area contributed by atoms with E-state index in [1.54, 1.807) is 12.0 Å². The van der Waals surface area contributed by atoms with Gasteiger partial charge < -0.3 is 19.7 Å². The minimum atomic E-state index is -1.47. The number of hydrogen-bond acceptors (Lipinski definition) is 7. The molecule has 6 rings (SSSR count). The molecule has 2 amide bonds. The third-order valence-corrected chi connectivity index (χ3v) is 16.7. The molecule has 6 aliphatic rings. The van der Waals surface area contributed by atoms with Crippen molar-refractivity contribution in [2.24, 2.45) is 56.2 Å². The molecule has 1 heterocycles. The van der Waals surface area contributed by atoms with Crippen LogP contribution < -0.4 is 5.32 Å². The average Bonchev–Trinajstić information content (AvgIpc) is 3.40. The van der Waals surface area contributed by atoms with E-state index >= 15 is 0 Å². The third kappa shape index (κ3) is 9.17. The molecule has 5 fully saturated rings. The second-order valence-corrected chi connectivity index (χ2v) is 22.4. The first-order chi connectivity index (χ1) is 26.7. The van der Waals surface area contributed by atoms with Gasteiger partial charge in [-0.15, -0.1) is 0 Å². The number of allylic oxidation sites excluding steroid dienone is 2. The van der Waals surface area contributed by atoms with Crippen LogP contribution in [0.2, 0.25) is 0 Å². The fourth-order valence-electron chi connectivity index (χ4n) is 13.0. The van der Waals surface area contributed by atoms with Gasteiger partial charge in [0.25, 0.3) is 0 Å². The molecule has 4 saturated carbocycles. The topological polar surface area (TPSA) is 119 Å². The summed E-state index contributed by atoms with van der Waals surface area (Å²) in [5.74, 6) is 1.70. The molecule has 1 N–H and O–H groups in total. The SMILES string of the molecule is CC(C)C1=C2C3CCC4C5(C)CCC(OC(=O)CC(C)(C)C(=O)F)C(C)(C)C5CCC4(C)[C@]3(C)CC[C@@]2(C)CC1=O.COC(C)(C)C.O=CNC1CCN(C=O)CC1. The van der Waals surface area contributed by atoms with Gasteiger partial charge in [0.15, 0.2) is 5.78 Å². The zero-order valence-corrected chi connectivity index (χ0v) is 38.7. The number of halogens is 1. The third-order valence-electron chi connectivity index (χ3n) is 16.7. The van der Waals surface area contributed by atoms with Crippen molar-refractivity contribution in [3.05, 3.63) is 11.1 Å². The summed E-state index contributed by atoms with van der Waals surface area (Å²) in [6, 6.07) is -1.20. The Balaban J connectivity index is 0.000000363. The number of nitrogens with one attached hydrogen (secondary N) is 1. The number of esters is 1. The van der Waals surface area contributed by atoms with Gasteiger partial charge >= 0.3 is 12.0 Å². The lowest BCUT2D eigenvalue weighted by molar-refractivity contribution is -0.233. The molecule has 8 atom stereocenters. The van der Waals surface area contributed by atoms with E-state index in [-0.39, 0.29) is 57.2 Å². The van der Waals surface area contributed by atoms with Crippen LogP contribution in [0.3, 0.4) is 0 Å². The number of amides is 2. The monoisotopic (exact) mass is 815 g/mol. The fourth-order valence-corrected chi connectivity index (χ4v) is 13.0. The molecule has 58 heavy (non-hydrogen) atoms. The Kier molecular flexibility index (Phi) is 14.4. The van der Waals surface area contributed by atoms with Crippen molar-refractivity contribution in [2.45, 2.75) is 185 Å². The maximum Gasteiger partial charge on any atom is 0.307 e. The lowest BCUT2D eigenvalue weighted by Crippen LogP contribution is -2.65. The van der Waals surface area contributed by atoms with E-state index in [1.807, 2.05) is 20.8 Å². The quantitative estimate of drug-likeness (QED) is 0.147. The van der Waals surface area contributed by atoms with E-state index in [4.69, 9.17) is 9.47 Å². The highest BCUT2D eigenvalue weighted by molar-refractivity contribution is 6.00. The smallest absolute Gasteiger partial charge is 0.307 e. The van der Waals surface area contributed by atoms with Gasteiger partial charge in [-0.05, 0) is 150 Å². The summed E-state index contributed by atoms with van der Waals surface area (Å²) in [5.41, 5.74) is 1.71. The Hall–Kier alpha value is -2.62. The Bertz CT molecular complexity index is 1570. The number of carbonyl (C=O) groups is 5. The zero-order valence-electron chi connectivity index (χ0n) is 38.7. The first kappa shape index (κ1) is 48.1. The summed E-state index contributed by atoms with van der Waals surface area (Å²) in [5, 5.41) is 2.71. The van der Waals surface area contributed by atoms with Gasteiger partial charge in [0, 0.05) is 38.1 Å². The average molecular weight is 815 g/mol. The normalized spacial score (nSPS) is 35.8. The highest BCUT2D eigenvalue weighted by Crippen LogP contribution is 2.76. The van der Waals surface area contributed by atoms with Crippen LogP contribution >= 0.6 is 0 Å². The standard InChI is InChI=1S/C36H55FO4.C7H12N2O2.C5H12O/c1-21(2)28-23(38)19-33(7)17-18-35(9)22(29(28)33)11-12-25-34(8)15-14-26(41-27(39)20-31(3,4)30(37)40)32(5,6)24(34)13-16-36(25,35)10;10-5-8-7-1-3-9(6-11)4-2-7;1-5(2,3)6-4/h21-22,24-26H,11-20H2,1-10H3;5-7H,1-4H2,(H,8,10);1-4H3/t22?,24?,25?,26?,33-,34?,35+,36?;;/m0../s1. The summed E-state index contributed by atoms with van der Waals surface area (Å²) in [6.45, 7) is 29.5. The van der Waals surface area contributed by atoms with Gasteiger partial charge in [0.1, 0.15) is 6.10 Å². The Morgan fingerprint density at radius 2 is 1.47 bits per heavy atom. The number of methoxy groups -OCH3 is 1. The van der Waals surface area contributed by atoms with Crippen molar-refractivity contribution in [3.8, 4) is 0 Å². The molecule has 0 radical (unpaired) electrons. The number of Topliss-reactive ketones (excluding diaryl/α,β-unsaturated/α-hetero) is 1. The van der Waals surface area contributed by atoms with Crippen LogP contribution in [0.25, 0.3) is 0 Å². The lowest BCUT2D eigenvalue weighted by Gasteiger charge is -2.72. The van der Waals surface area contributed by atoms with Crippen molar-refractivity contribution in [2.75, 3.05) is 20.2 Å². The summed E-state index contributed by atoms with van der Waals surface area (Å²) in [6.07, 6.45) is 12.3. The van der Waals surface area contributed by atoms with Crippen molar-refractivity contribution in [1.29, 1.82) is 0 Å². The van der Waals surface area contributed by atoms with Crippen LogP contribution in [0, 0.1) is 56.2 Å². The van der Waals surface area contributed by atoms with Crippen molar-refractivity contribution in [1.82, 2.24) is 10.2 Å². The van der Waals surface area contributed by atoms with E-state index in [9.17, 15) is 28.4 Å². The highest BCUT2D eigenvalue weighted by atomic mass is 19.1. The number of rotatable bonds is 8. The van der Waals surface area contributed by atoms with Gasteiger partial charge in [-0.2, -0.15) is 4.39 Å². The molecule has 10 heteroatoms. The summed E-state index contributed by atoms with van der Waals surface area (Å²) in [4.78, 5) is 59.6. The summed E-state index contributed by atoms with van der Waals surface area (Å²) >= 11 is 0. The second-order valence-electron chi connectivity index (χ2n) is 22.4. The molecule has 0 spiro atoms. The van der Waals surface area contributed by atoms with Gasteiger partial charge in [-0.25, -0.2) is 0 Å². The predicted octanol–water partition coefficient (Wildman–Crippen LogP) is 9.60. The number of ketones is 1. The number of hydrogen-bond donors (Lipinski definition) is 1. The number of carbonyl (C=O) groups excluding carboxylic acids is 5. The maximum absolute atomic E-state index is 13.5. The minimum Gasteiger partial charge on any atom is -0.462 e. The highest BCUT2D eigenvalue weighted by Gasteiger charge is 2.69.